The van der Waals surface area contributed by atoms with Crippen LogP contribution >= 0.6 is 0 Å². The van der Waals surface area contributed by atoms with Crippen LogP contribution in [0.1, 0.15) is 43.1 Å². The Morgan fingerprint density at radius 3 is 2.33 bits per heavy atom. The maximum atomic E-state index is 13.0. The fourth-order valence-electron chi connectivity index (χ4n) is 3.28. The molecule has 3 amide bonds. The van der Waals surface area contributed by atoms with Gasteiger partial charge in [0.25, 0.3) is 5.91 Å². The van der Waals surface area contributed by atoms with Crippen molar-refractivity contribution in [3.8, 4) is 0 Å². The van der Waals surface area contributed by atoms with Crippen molar-refractivity contribution in [3.05, 3.63) is 77.9 Å². The molecule has 7 heteroatoms. The van der Waals surface area contributed by atoms with Crippen LogP contribution in [0.25, 0.3) is 10.8 Å². The van der Waals surface area contributed by atoms with Crippen LogP contribution in [0.15, 0.2) is 66.7 Å². The molecule has 0 fully saturated rings. The molecule has 3 rings (SSSR count). The number of hydrogen-bond acceptors (Lipinski definition) is 4. The van der Waals surface area contributed by atoms with Crippen molar-refractivity contribution < 1.29 is 19.1 Å². The first-order valence-corrected chi connectivity index (χ1v) is 10.8. The van der Waals surface area contributed by atoms with Crippen molar-refractivity contribution in [2.75, 3.05) is 11.9 Å². The lowest BCUT2D eigenvalue weighted by atomic mass is 10.0. The Bertz CT molecular complexity index is 1150. The molecule has 172 valence electrons. The van der Waals surface area contributed by atoms with E-state index in [1.807, 2.05) is 54.6 Å². The second kappa shape index (κ2) is 10.6. The number of carbonyl (C=O) groups is 3. The highest BCUT2D eigenvalue weighted by Gasteiger charge is 2.16. The van der Waals surface area contributed by atoms with Gasteiger partial charge in [0, 0.05) is 30.8 Å². The minimum Gasteiger partial charge on any atom is -0.444 e. The summed E-state index contributed by atoms with van der Waals surface area (Å²) in [5.74, 6) is -0.437. The van der Waals surface area contributed by atoms with Crippen molar-refractivity contribution in [1.82, 2.24) is 10.6 Å². The van der Waals surface area contributed by atoms with E-state index < -0.39 is 11.7 Å². The second-order valence-corrected chi connectivity index (χ2v) is 8.59. The number of para-hydroxylation sites is 1. The molecule has 0 bridgehead atoms. The van der Waals surface area contributed by atoms with Crippen LogP contribution in [0, 0.1) is 0 Å². The summed E-state index contributed by atoms with van der Waals surface area (Å²) in [6, 6.07) is 20.7. The predicted molar refractivity (Wildman–Crippen MR) is 129 cm³/mol. The van der Waals surface area contributed by atoms with E-state index >= 15 is 0 Å². The summed E-state index contributed by atoms with van der Waals surface area (Å²) < 4.78 is 5.14. The fraction of sp³-hybridized carbons (Fsp3) is 0.269. The van der Waals surface area contributed by atoms with Gasteiger partial charge in [-0.1, -0.05) is 54.6 Å². The summed E-state index contributed by atoms with van der Waals surface area (Å²) in [5, 5.41) is 10.2. The average Bonchev–Trinajstić information content (AvgIpc) is 2.77. The number of carbonyl (C=O) groups excluding carboxylic acids is 3. The molecule has 0 atom stereocenters. The van der Waals surface area contributed by atoms with Crippen LogP contribution in [0.4, 0.5) is 10.5 Å². The third-order valence-electron chi connectivity index (χ3n) is 4.80. The largest absolute Gasteiger partial charge is 0.444 e. The minimum atomic E-state index is -0.591. The van der Waals surface area contributed by atoms with Crippen molar-refractivity contribution in [1.29, 1.82) is 0 Å². The summed E-state index contributed by atoms with van der Waals surface area (Å²) in [7, 11) is 0. The first-order valence-electron chi connectivity index (χ1n) is 10.8. The fourth-order valence-corrected chi connectivity index (χ4v) is 3.28. The standard InChI is InChI=1S/C26H29N3O4/c1-26(2,3)33-25(32)27-16-15-23(30)28-17-19-10-5-7-14-22(19)29-24(31)21-13-8-11-18-9-4-6-12-20(18)21/h4-14H,15-17H2,1-3H3,(H,27,32)(H,28,30)(H,29,31). The highest BCUT2D eigenvalue weighted by atomic mass is 16.6. The van der Waals surface area contributed by atoms with Crippen molar-refractivity contribution in [3.63, 3.8) is 0 Å². The molecular weight excluding hydrogens is 418 g/mol. The van der Waals surface area contributed by atoms with Crippen LogP contribution in [0.5, 0.6) is 0 Å². The van der Waals surface area contributed by atoms with E-state index in [4.69, 9.17) is 4.74 Å². The van der Waals surface area contributed by atoms with Gasteiger partial charge in [-0.25, -0.2) is 4.79 Å². The SMILES string of the molecule is CC(C)(C)OC(=O)NCCC(=O)NCc1ccccc1NC(=O)c1cccc2ccccc12. The van der Waals surface area contributed by atoms with Gasteiger partial charge in [-0.2, -0.15) is 0 Å². The van der Waals surface area contributed by atoms with E-state index in [9.17, 15) is 14.4 Å². The summed E-state index contributed by atoms with van der Waals surface area (Å²) in [5.41, 5.74) is 1.40. The Morgan fingerprint density at radius 1 is 0.848 bits per heavy atom. The number of rotatable bonds is 7. The number of fused-ring (bicyclic) bond motifs is 1. The van der Waals surface area contributed by atoms with Crippen molar-refractivity contribution in [2.24, 2.45) is 0 Å². The smallest absolute Gasteiger partial charge is 0.407 e. The first-order chi connectivity index (χ1) is 15.7. The summed E-state index contributed by atoms with van der Waals surface area (Å²) >= 11 is 0. The predicted octanol–water partition coefficient (Wildman–Crippen LogP) is 4.62. The molecule has 0 aliphatic heterocycles. The van der Waals surface area contributed by atoms with Crippen LogP contribution < -0.4 is 16.0 Å². The van der Waals surface area contributed by atoms with Crippen molar-refractivity contribution >= 4 is 34.4 Å². The summed E-state index contributed by atoms with van der Waals surface area (Å²) in [4.78, 5) is 36.8. The monoisotopic (exact) mass is 447 g/mol. The summed E-state index contributed by atoms with van der Waals surface area (Å²) in [6.45, 7) is 5.73. The number of hydrogen-bond donors (Lipinski definition) is 3. The molecule has 0 saturated carbocycles. The van der Waals surface area contributed by atoms with Gasteiger partial charge in [-0.3, -0.25) is 9.59 Å². The van der Waals surface area contributed by atoms with E-state index in [0.717, 1.165) is 16.3 Å². The highest BCUT2D eigenvalue weighted by molar-refractivity contribution is 6.13. The first kappa shape index (κ1) is 23.8. The molecule has 3 N–H and O–H groups in total. The van der Waals surface area contributed by atoms with E-state index in [1.165, 1.54) is 0 Å². The summed E-state index contributed by atoms with van der Waals surface area (Å²) in [6.07, 6.45) is -0.444. The number of anilines is 1. The third-order valence-corrected chi connectivity index (χ3v) is 4.80. The Kier molecular flexibility index (Phi) is 7.66. The van der Waals surface area contributed by atoms with Gasteiger partial charge in [0.05, 0.1) is 0 Å². The molecule has 0 radical (unpaired) electrons. The molecule has 0 aliphatic carbocycles. The van der Waals surface area contributed by atoms with Crippen LogP contribution in [0.2, 0.25) is 0 Å². The van der Waals surface area contributed by atoms with Gasteiger partial charge in [-0.05, 0) is 49.2 Å². The van der Waals surface area contributed by atoms with Crippen LogP contribution in [-0.4, -0.2) is 30.1 Å². The number of alkyl carbamates (subject to hydrolysis) is 1. The molecule has 0 aliphatic rings. The zero-order valence-electron chi connectivity index (χ0n) is 19.1. The number of benzene rings is 3. The zero-order valence-corrected chi connectivity index (χ0v) is 19.1. The number of ether oxygens (including phenoxy) is 1. The maximum Gasteiger partial charge on any atom is 0.407 e. The number of nitrogens with one attached hydrogen (secondary N) is 3. The van der Waals surface area contributed by atoms with Crippen LogP contribution in [-0.2, 0) is 16.1 Å². The van der Waals surface area contributed by atoms with Gasteiger partial charge >= 0.3 is 6.09 Å². The second-order valence-electron chi connectivity index (χ2n) is 8.59. The third kappa shape index (κ3) is 7.07. The molecule has 0 saturated heterocycles. The molecule has 0 spiro atoms. The molecule has 3 aromatic carbocycles. The van der Waals surface area contributed by atoms with E-state index in [2.05, 4.69) is 16.0 Å². The molecule has 0 heterocycles. The maximum absolute atomic E-state index is 13.0. The van der Waals surface area contributed by atoms with E-state index in [0.29, 0.717) is 11.3 Å². The Balaban J connectivity index is 1.56. The molecule has 0 unspecified atom stereocenters. The van der Waals surface area contributed by atoms with Gasteiger partial charge in [0.1, 0.15) is 5.60 Å². The van der Waals surface area contributed by atoms with E-state index in [1.54, 1.807) is 32.9 Å². The zero-order chi connectivity index (χ0) is 23.8. The molecular formula is C26H29N3O4. The molecule has 0 aromatic heterocycles. The minimum absolute atomic E-state index is 0.115. The topological polar surface area (TPSA) is 96.5 Å². The Hall–Kier alpha value is -3.87. The normalized spacial score (nSPS) is 11.0. The lowest BCUT2D eigenvalue weighted by Gasteiger charge is -2.19. The lowest BCUT2D eigenvalue weighted by molar-refractivity contribution is -0.121. The van der Waals surface area contributed by atoms with Crippen molar-refractivity contribution in [2.45, 2.75) is 39.3 Å². The van der Waals surface area contributed by atoms with Gasteiger partial charge in [-0.15, -0.1) is 0 Å². The molecule has 3 aromatic rings. The van der Waals surface area contributed by atoms with Gasteiger partial charge < -0.3 is 20.7 Å². The van der Waals surface area contributed by atoms with E-state index in [-0.39, 0.29) is 31.3 Å². The average molecular weight is 448 g/mol. The Morgan fingerprint density at radius 2 is 1.55 bits per heavy atom. The van der Waals surface area contributed by atoms with Gasteiger partial charge in [0.15, 0.2) is 0 Å². The van der Waals surface area contributed by atoms with Crippen LogP contribution in [0.3, 0.4) is 0 Å². The molecule has 7 nitrogen and oxygen atoms in total. The lowest BCUT2D eigenvalue weighted by Crippen LogP contribution is -2.35. The van der Waals surface area contributed by atoms with Gasteiger partial charge in [0.2, 0.25) is 5.91 Å². The quantitative estimate of drug-likeness (QED) is 0.492. The Labute approximate surface area is 193 Å². The molecule has 33 heavy (non-hydrogen) atoms. The highest BCUT2D eigenvalue weighted by Crippen LogP contribution is 2.21. The number of amides is 3.